The summed E-state index contributed by atoms with van der Waals surface area (Å²) in [6.07, 6.45) is 0.155. The maximum Gasteiger partial charge on any atom is 0.261 e. The molecule has 1 aliphatic heterocycles. The number of hydrogen-bond acceptors (Lipinski definition) is 4. The third-order valence-electron chi connectivity index (χ3n) is 3.99. The monoisotopic (exact) mass is 359 g/mol. The van der Waals surface area contributed by atoms with E-state index >= 15 is 0 Å². The molecule has 7 nitrogen and oxygen atoms in total. The van der Waals surface area contributed by atoms with Gasteiger partial charge in [0.25, 0.3) is 10.0 Å². The molecule has 1 aliphatic rings. The van der Waals surface area contributed by atoms with Crippen molar-refractivity contribution in [3.8, 4) is 0 Å². The summed E-state index contributed by atoms with van der Waals surface area (Å²) in [6, 6.07) is 11.1. The minimum absolute atomic E-state index is 0.0584. The Bertz CT molecular complexity index is 970. The van der Waals surface area contributed by atoms with Crippen molar-refractivity contribution in [3.63, 3.8) is 0 Å². The Balaban J connectivity index is 1.95. The molecule has 2 amide bonds. The molecule has 0 spiro atoms. The highest BCUT2D eigenvalue weighted by Gasteiger charge is 2.23. The second-order valence-corrected chi connectivity index (χ2v) is 7.43. The normalized spacial score (nSPS) is 13.1. The second kappa shape index (κ2) is 6.21. The molecule has 2 aromatic carbocycles. The number of sulfonamides is 1. The first-order valence-electron chi connectivity index (χ1n) is 7.57. The summed E-state index contributed by atoms with van der Waals surface area (Å²) in [7, 11) is -2.29. The summed E-state index contributed by atoms with van der Waals surface area (Å²) in [5, 5.41) is 2.66. The van der Waals surface area contributed by atoms with Gasteiger partial charge in [-0.15, -0.1) is 0 Å². The zero-order valence-corrected chi connectivity index (χ0v) is 14.6. The molecule has 0 saturated carbocycles. The molecular formula is C17H17N3O4S. The third-order valence-corrected chi connectivity index (χ3v) is 5.36. The van der Waals surface area contributed by atoms with Gasteiger partial charge in [0.1, 0.15) is 0 Å². The van der Waals surface area contributed by atoms with Crippen LogP contribution in [0.4, 0.5) is 17.1 Å². The molecule has 0 aromatic heterocycles. The standard InChI is InChI=1S/C17H17N3O4S/c1-11(21)20(2)16-6-4-3-5-15(16)19-25(23,24)13-7-8-14-12(9-13)10-17(22)18-14/h3-9,19H,10H2,1-2H3,(H,18,22). The van der Waals surface area contributed by atoms with Gasteiger partial charge in [-0.2, -0.15) is 0 Å². The first kappa shape index (κ1) is 17.0. The Morgan fingerprint density at radius 2 is 1.92 bits per heavy atom. The highest BCUT2D eigenvalue weighted by molar-refractivity contribution is 7.92. The minimum Gasteiger partial charge on any atom is -0.326 e. The number of nitrogens with one attached hydrogen (secondary N) is 2. The molecule has 0 saturated heterocycles. The number of para-hydroxylation sites is 2. The average molecular weight is 359 g/mol. The number of carbonyl (C=O) groups is 2. The van der Waals surface area contributed by atoms with E-state index in [1.165, 1.54) is 24.0 Å². The zero-order valence-electron chi connectivity index (χ0n) is 13.7. The lowest BCUT2D eigenvalue weighted by atomic mass is 10.2. The maximum absolute atomic E-state index is 12.7. The van der Waals surface area contributed by atoms with Crippen molar-refractivity contribution in [1.29, 1.82) is 0 Å². The first-order chi connectivity index (χ1) is 11.8. The van der Waals surface area contributed by atoms with Gasteiger partial charge in [0.2, 0.25) is 11.8 Å². The van der Waals surface area contributed by atoms with Gasteiger partial charge in [-0.1, -0.05) is 12.1 Å². The van der Waals surface area contributed by atoms with Crippen molar-refractivity contribution in [1.82, 2.24) is 0 Å². The van der Waals surface area contributed by atoms with Crippen molar-refractivity contribution < 1.29 is 18.0 Å². The average Bonchev–Trinajstić information content (AvgIpc) is 2.93. The Morgan fingerprint density at radius 3 is 2.64 bits per heavy atom. The summed E-state index contributed by atoms with van der Waals surface area (Å²) in [5.74, 6) is -0.375. The Hall–Kier alpha value is -2.87. The van der Waals surface area contributed by atoms with E-state index in [-0.39, 0.29) is 23.1 Å². The smallest absolute Gasteiger partial charge is 0.261 e. The topological polar surface area (TPSA) is 95.6 Å². The van der Waals surface area contributed by atoms with Gasteiger partial charge in [0.05, 0.1) is 22.7 Å². The maximum atomic E-state index is 12.7. The molecular weight excluding hydrogens is 342 g/mol. The van der Waals surface area contributed by atoms with Gasteiger partial charge in [-0.05, 0) is 35.9 Å². The van der Waals surface area contributed by atoms with Gasteiger partial charge >= 0.3 is 0 Å². The summed E-state index contributed by atoms with van der Waals surface area (Å²) < 4.78 is 27.9. The molecule has 0 aliphatic carbocycles. The molecule has 3 rings (SSSR count). The second-order valence-electron chi connectivity index (χ2n) is 5.74. The minimum atomic E-state index is -3.86. The molecule has 0 radical (unpaired) electrons. The molecule has 0 bridgehead atoms. The predicted molar refractivity (Wildman–Crippen MR) is 95.1 cm³/mol. The number of hydrogen-bond donors (Lipinski definition) is 2. The van der Waals surface area contributed by atoms with E-state index in [9.17, 15) is 18.0 Å². The number of rotatable bonds is 4. The quantitative estimate of drug-likeness (QED) is 0.872. The van der Waals surface area contributed by atoms with Crippen LogP contribution in [0.2, 0.25) is 0 Å². The van der Waals surface area contributed by atoms with E-state index in [4.69, 9.17) is 0 Å². The largest absolute Gasteiger partial charge is 0.326 e. The van der Waals surface area contributed by atoms with Crippen LogP contribution in [0.25, 0.3) is 0 Å². The van der Waals surface area contributed by atoms with Crippen molar-refractivity contribution in [3.05, 3.63) is 48.0 Å². The number of fused-ring (bicyclic) bond motifs is 1. The van der Waals surface area contributed by atoms with E-state index in [1.54, 1.807) is 37.4 Å². The van der Waals surface area contributed by atoms with E-state index in [0.717, 1.165) is 0 Å². The molecule has 0 fully saturated rings. The van der Waals surface area contributed by atoms with Crippen LogP contribution in [-0.2, 0) is 26.0 Å². The zero-order chi connectivity index (χ0) is 18.2. The first-order valence-corrected chi connectivity index (χ1v) is 9.05. The van der Waals surface area contributed by atoms with Crippen LogP contribution in [0.1, 0.15) is 12.5 Å². The van der Waals surface area contributed by atoms with E-state index in [0.29, 0.717) is 22.6 Å². The van der Waals surface area contributed by atoms with Crippen LogP contribution in [0.5, 0.6) is 0 Å². The molecule has 2 N–H and O–H groups in total. The molecule has 8 heteroatoms. The number of benzene rings is 2. The fourth-order valence-electron chi connectivity index (χ4n) is 2.60. The van der Waals surface area contributed by atoms with Crippen LogP contribution in [0, 0.1) is 0 Å². The van der Waals surface area contributed by atoms with Crippen molar-refractivity contribution in [2.24, 2.45) is 0 Å². The van der Waals surface area contributed by atoms with Crippen molar-refractivity contribution >= 4 is 38.9 Å². The molecule has 130 valence electrons. The molecule has 1 heterocycles. The summed E-state index contributed by atoms with van der Waals surface area (Å²) >= 11 is 0. The number of carbonyl (C=O) groups excluding carboxylic acids is 2. The number of anilines is 3. The van der Waals surface area contributed by atoms with Gasteiger partial charge in [-0.25, -0.2) is 8.42 Å². The summed E-state index contributed by atoms with van der Waals surface area (Å²) in [5.41, 5.74) is 2.02. The van der Waals surface area contributed by atoms with Gasteiger partial charge in [-0.3, -0.25) is 14.3 Å². The molecule has 0 atom stereocenters. The fraction of sp³-hybridized carbons (Fsp3) is 0.176. The Kier molecular flexibility index (Phi) is 4.22. The van der Waals surface area contributed by atoms with E-state index < -0.39 is 10.0 Å². The lowest BCUT2D eigenvalue weighted by Gasteiger charge is -2.20. The van der Waals surface area contributed by atoms with Crippen LogP contribution >= 0.6 is 0 Å². The van der Waals surface area contributed by atoms with Crippen molar-refractivity contribution in [2.45, 2.75) is 18.2 Å². The third kappa shape index (κ3) is 3.34. The molecule has 25 heavy (non-hydrogen) atoms. The SMILES string of the molecule is CC(=O)N(C)c1ccccc1NS(=O)(=O)c1ccc2c(c1)CC(=O)N2. The van der Waals surface area contributed by atoms with E-state index in [2.05, 4.69) is 10.0 Å². The van der Waals surface area contributed by atoms with Gasteiger partial charge in [0.15, 0.2) is 0 Å². The highest BCUT2D eigenvalue weighted by atomic mass is 32.2. The molecule has 0 unspecified atom stereocenters. The van der Waals surface area contributed by atoms with Gasteiger partial charge in [0, 0.05) is 19.7 Å². The predicted octanol–water partition coefficient (Wildman–Crippen LogP) is 1.96. The van der Waals surface area contributed by atoms with E-state index in [1.807, 2.05) is 0 Å². The van der Waals surface area contributed by atoms with Crippen LogP contribution < -0.4 is 14.9 Å². The number of nitrogens with zero attached hydrogens (tertiary/aromatic N) is 1. The lowest BCUT2D eigenvalue weighted by molar-refractivity contribution is -0.116. The Morgan fingerprint density at radius 1 is 1.20 bits per heavy atom. The summed E-state index contributed by atoms with van der Waals surface area (Å²) in [4.78, 5) is 24.4. The lowest BCUT2D eigenvalue weighted by Crippen LogP contribution is -2.25. The van der Waals surface area contributed by atoms with Crippen LogP contribution in [0.3, 0.4) is 0 Å². The highest BCUT2D eigenvalue weighted by Crippen LogP contribution is 2.30. The van der Waals surface area contributed by atoms with Crippen LogP contribution in [0.15, 0.2) is 47.4 Å². The van der Waals surface area contributed by atoms with Crippen LogP contribution in [-0.4, -0.2) is 27.3 Å². The van der Waals surface area contributed by atoms with Crippen molar-refractivity contribution in [2.75, 3.05) is 22.0 Å². The van der Waals surface area contributed by atoms with Gasteiger partial charge < -0.3 is 10.2 Å². The summed E-state index contributed by atoms with van der Waals surface area (Å²) in [6.45, 7) is 1.40. The fourth-order valence-corrected chi connectivity index (χ4v) is 3.72. The molecule has 2 aromatic rings. The Labute approximate surface area is 145 Å². The number of amides is 2.